The van der Waals surface area contributed by atoms with Crippen LogP contribution in [0.2, 0.25) is 5.02 Å². The molecule has 0 unspecified atom stereocenters. The van der Waals surface area contributed by atoms with Gasteiger partial charge in [-0.1, -0.05) is 48.0 Å². The molecule has 0 aliphatic rings. The predicted molar refractivity (Wildman–Crippen MR) is 95.5 cm³/mol. The van der Waals surface area contributed by atoms with E-state index in [0.29, 0.717) is 0 Å². The molecular formula is C17H17ClN2O4S. The molecule has 0 aliphatic heterocycles. The number of hydrogen-bond acceptors (Lipinski definition) is 4. The molecule has 0 fully saturated rings. The third-order valence-corrected chi connectivity index (χ3v) is 5.05. The van der Waals surface area contributed by atoms with Crippen LogP contribution < -0.4 is 10.2 Å². The number of carbonyl (C=O) groups excluding carboxylic acids is 1. The number of halogens is 1. The molecule has 0 radical (unpaired) electrons. The van der Waals surface area contributed by atoms with E-state index in [2.05, 4.69) is 16.8 Å². The summed E-state index contributed by atoms with van der Waals surface area (Å²) in [7, 11) is -3.85. The lowest BCUT2D eigenvalue weighted by molar-refractivity contribution is 0.0233. The maximum atomic E-state index is 12.2. The van der Waals surface area contributed by atoms with Crippen LogP contribution >= 0.6 is 11.6 Å². The summed E-state index contributed by atoms with van der Waals surface area (Å²) in [5.41, 5.74) is 3.27. The molecule has 0 saturated carbocycles. The third-order valence-electron chi connectivity index (χ3n) is 3.15. The molecule has 132 valence electrons. The van der Waals surface area contributed by atoms with E-state index in [0.717, 1.165) is 5.56 Å². The Labute approximate surface area is 151 Å². The maximum absolute atomic E-state index is 12.2. The number of nitrogens with one attached hydrogen (secondary N) is 2. The van der Waals surface area contributed by atoms with E-state index in [1.165, 1.54) is 24.3 Å². The average molecular weight is 381 g/mol. The van der Waals surface area contributed by atoms with E-state index in [4.69, 9.17) is 16.4 Å². The van der Waals surface area contributed by atoms with E-state index in [9.17, 15) is 13.2 Å². The van der Waals surface area contributed by atoms with Crippen molar-refractivity contribution in [2.75, 3.05) is 6.54 Å². The molecule has 0 bridgehead atoms. The second-order valence-corrected chi connectivity index (χ2v) is 7.13. The summed E-state index contributed by atoms with van der Waals surface area (Å²) < 4.78 is 26.7. The van der Waals surface area contributed by atoms with Gasteiger partial charge in [-0.3, -0.25) is 9.63 Å². The largest absolute Gasteiger partial charge is 0.274 e. The molecule has 1 amide bonds. The lowest BCUT2D eigenvalue weighted by Crippen LogP contribution is -2.26. The van der Waals surface area contributed by atoms with Gasteiger partial charge in [-0.15, -0.1) is 6.58 Å². The molecule has 0 heterocycles. The van der Waals surface area contributed by atoms with Crippen molar-refractivity contribution in [3.8, 4) is 0 Å². The number of benzene rings is 2. The zero-order chi connectivity index (χ0) is 18.3. The van der Waals surface area contributed by atoms with Crippen LogP contribution in [-0.2, 0) is 21.5 Å². The Hall–Kier alpha value is -2.19. The summed E-state index contributed by atoms with van der Waals surface area (Å²) in [5.74, 6) is -0.576. The molecule has 0 aromatic heterocycles. The summed E-state index contributed by atoms with van der Waals surface area (Å²) >= 11 is 5.94. The van der Waals surface area contributed by atoms with E-state index >= 15 is 0 Å². The van der Waals surface area contributed by atoms with Crippen molar-refractivity contribution in [2.45, 2.75) is 11.5 Å². The topological polar surface area (TPSA) is 84.5 Å². The van der Waals surface area contributed by atoms with Crippen molar-refractivity contribution in [1.29, 1.82) is 0 Å². The van der Waals surface area contributed by atoms with E-state index in [1.54, 1.807) is 0 Å². The van der Waals surface area contributed by atoms with Crippen molar-refractivity contribution in [1.82, 2.24) is 10.2 Å². The monoisotopic (exact) mass is 380 g/mol. The van der Waals surface area contributed by atoms with E-state index in [1.807, 2.05) is 30.3 Å². The molecule has 2 N–H and O–H groups in total. The van der Waals surface area contributed by atoms with Gasteiger partial charge in [-0.25, -0.2) is 18.6 Å². The smallest absolute Gasteiger partial charge is 0.269 e. The maximum Gasteiger partial charge on any atom is 0.274 e. The van der Waals surface area contributed by atoms with Gasteiger partial charge in [-0.2, -0.15) is 0 Å². The molecule has 0 atom stereocenters. The molecule has 8 heteroatoms. The lowest BCUT2D eigenvalue weighted by atomic mass is 10.2. The standard InChI is InChI=1S/C17H17ClN2O4S/c1-2-10-19-25(22,23)16-11-14(8-9-15(16)18)17(21)20-24-12-13-6-4-3-5-7-13/h2-9,11,19H,1,10,12H2,(H,20,21). The number of sulfonamides is 1. The van der Waals surface area contributed by atoms with Gasteiger partial charge in [0.2, 0.25) is 10.0 Å². The minimum absolute atomic E-state index is 0.0123. The van der Waals surface area contributed by atoms with Gasteiger partial charge in [-0.05, 0) is 23.8 Å². The molecule has 0 saturated heterocycles. The molecule has 25 heavy (non-hydrogen) atoms. The fourth-order valence-electron chi connectivity index (χ4n) is 1.92. The second kappa shape index (κ2) is 8.77. The first kappa shape index (κ1) is 19.1. The Morgan fingerprint density at radius 2 is 1.92 bits per heavy atom. The summed E-state index contributed by atoms with van der Waals surface area (Å²) in [6.45, 7) is 3.68. The molecule has 6 nitrogen and oxygen atoms in total. The number of carbonyl (C=O) groups is 1. The van der Waals surface area contributed by atoms with Crippen molar-refractivity contribution < 1.29 is 18.0 Å². The van der Waals surface area contributed by atoms with Gasteiger partial charge < -0.3 is 0 Å². The molecular weight excluding hydrogens is 364 g/mol. The van der Waals surface area contributed by atoms with Crippen LogP contribution in [0.1, 0.15) is 15.9 Å². The number of hydroxylamine groups is 1. The minimum atomic E-state index is -3.85. The zero-order valence-electron chi connectivity index (χ0n) is 13.2. The molecule has 0 aliphatic carbocycles. The van der Waals surface area contributed by atoms with Gasteiger partial charge in [0, 0.05) is 12.1 Å². The molecule has 2 aromatic rings. The fourth-order valence-corrected chi connectivity index (χ4v) is 3.44. The van der Waals surface area contributed by atoms with Crippen LogP contribution in [0.5, 0.6) is 0 Å². The SMILES string of the molecule is C=CCNS(=O)(=O)c1cc(C(=O)NOCc2ccccc2)ccc1Cl. The fraction of sp³-hybridized carbons (Fsp3) is 0.118. The molecule has 2 aromatic carbocycles. The Kier molecular flexibility index (Phi) is 6.72. The van der Waals surface area contributed by atoms with Crippen molar-refractivity contribution in [3.63, 3.8) is 0 Å². The second-order valence-electron chi connectivity index (χ2n) is 4.99. The highest BCUT2D eigenvalue weighted by Crippen LogP contribution is 2.22. The number of hydrogen-bond donors (Lipinski definition) is 2. The van der Waals surface area contributed by atoms with Crippen molar-refractivity contribution >= 4 is 27.5 Å². The average Bonchev–Trinajstić information content (AvgIpc) is 2.61. The summed E-state index contributed by atoms with van der Waals surface area (Å²) in [4.78, 5) is 17.1. The third kappa shape index (κ3) is 5.40. The van der Waals surface area contributed by atoms with E-state index in [-0.39, 0.29) is 28.6 Å². The predicted octanol–water partition coefficient (Wildman–Crippen LogP) is 2.67. The van der Waals surface area contributed by atoms with Crippen LogP contribution in [0.15, 0.2) is 66.1 Å². The Morgan fingerprint density at radius 1 is 1.20 bits per heavy atom. The van der Waals surface area contributed by atoms with Gasteiger partial charge in [0.25, 0.3) is 5.91 Å². The minimum Gasteiger partial charge on any atom is -0.269 e. The van der Waals surface area contributed by atoms with Crippen LogP contribution in [0.4, 0.5) is 0 Å². The summed E-state index contributed by atoms with van der Waals surface area (Å²) in [6, 6.07) is 13.2. The van der Waals surface area contributed by atoms with Crippen LogP contribution in [0.25, 0.3) is 0 Å². The highest BCUT2D eigenvalue weighted by molar-refractivity contribution is 7.89. The first-order valence-electron chi connectivity index (χ1n) is 7.30. The molecule has 0 spiro atoms. The number of amides is 1. The van der Waals surface area contributed by atoms with Gasteiger partial charge >= 0.3 is 0 Å². The Balaban J connectivity index is 2.07. The Bertz CT molecular complexity index is 854. The lowest BCUT2D eigenvalue weighted by Gasteiger charge is -2.10. The van der Waals surface area contributed by atoms with Crippen molar-refractivity contribution in [3.05, 3.63) is 77.3 Å². The van der Waals surface area contributed by atoms with Gasteiger partial charge in [0.15, 0.2) is 0 Å². The van der Waals surface area contributed by atoms with Gasteiger partial charge in [0.1, 0.15) is 4.90 Å². The van der Waals surface area contributed by atoms with Gasteiger partial charge in [0.05, 0.1) is 11.6 Å². The van der Waals surface area contributed by atoms with E-state index < -0.39 is 15.9 Å². The van der Waals surface area contributed by atoms with Crippen LogP contribution in [0, 0.1) is 0 Å². The first-order valence-corrected chi connectivity index (χ1v) is 9.16. The van der Waals surface area contributed by atoms with Crippen molar-refractivity contribution in [2.24, 2.45) is 0 Å². The quantitative estimate of drug-likeness (QED) is 0.544. The normalized spacial score (nSPS) is 11.1. The summed E-state index contributed by atoms with van der Waals surface area (Å²) in [5, 5.41) is 0.0123. The van der Waals surface area contributed by atoms with Crippen LogP contribution in [-0.4, -0.2) is 20.9 Å². The zero-order valence-corrected chi connectivity index (χ0v) is 14.8. The first-order chi connectivity index (χ1) is 11.9. The highest BCUT2D eigenvalue weighted by Gasteiger charge is 2.19. The number of rotatable bonds is 8. The Morgan fingerprint density at radius 3 is 2.60 bits per heavy atom. The van der Waals surface area contributed by atoms with Crippen LogP contribution in [0.3, 0.4) is 0 Å². The summed E-state index contributed by atoms with van der Waals surface area (Å²) in [6.07, 6.45) is 1.40. The highest BCUT2D eigenvalue weighted by atomic mass is 35.5. The molecule has 2 rings (SSSR count).